The minimum atomic E-state index is 0.563. The second-order valence-corrected chi connectivity index (χ2v) is 5.29. The van der Waals surface area contributed by atoms with E-state index in [9.17, 15) is 0 Å². The minimum absolute atomic E-state index is 0.563. The number of methoxy groups -OCH3 is 1. The van der Waals surface area contributed by atoms with Gasteiger partial charge < -0.3 is 10.1 Å². The molecule has 0 saturated heterocycles. The van der Waals surface area contributed by atoms with Gasteiger partial charge in [-0.05, 0) is 68.9 Å². The van der Waals surface area contributed by atoms with E-state index in [1.807, 2.05) is 0 Å². The second kappa shape index (κ2) is 5.09. The van der Waals surface area contributed by atoms with Gasteiger partial charge in [0, 0.05) is 12.1 Å². The first-order chi connectivity index (χ1) is 8.10. The van der Waals surface area contributed by atoms with Gasteiger partial charge in [-0.2, -0.15) is 0 Å². The summed E-state index contributed by atoms with van der Waals surface area (Å²) in [5.74, 6) is 0.964. The molecule has 1 aromatic carbocycles. The molecule has 0 aromatic heterocycles. The Balaban J connectivity index is 2.08. The van der Waals surface area contributed by atoms with Crippen molar-refractivity contribution >= 4 is 0 Å². The fourth-order valence-electron chi connectivity index (χ4n) is 2.41. The Labute approximate surface area is 104 Å². The largest absolute Gasteiger partial charge is 0.497 e. The summed E-state index contributed by atoms with van der Waals surface area (Å²) in [5, 5.41) is 3.65. The van der Waals surface area contributed by atoms with Crippen LogP contribution in [-0.4, -0.2) is 19.2 Å². The number of aryl methyl sites for hydroxylation is 2. The second-order valence-electron chi connectivity index (χ2n) is 5.29. The van der Waals surface area contributed by atoms with Crippen LogP contribution in [0.25, 0.3) is 0 Å². The molecule has 1 saturated carbocycles. The Hall–Kier alpha value is -1.02. The first kappa shape index (κ1) is 12.4. The fraction of sp³-hybridized carbons (Fsp3) is 0.600. The van der Waals surface area contributed by atoms with E-state index in [-0.39, 0.29) is 0 Å². The van der Waals surface area contributed by atoms with Crippen LogP contribution < -0.4 is 10.1 Å². The Morgan fingerprint density at radius 2 is 1.88 bits per heavy atom. The van der Waals surface area contributed by atoms with Crippen molar-refractivity contribution in [3.63, 3.8) is 0 Å². The lowest BCUT2D eigenvalue weighted by Gasteiger charge is -2.17. The van der Waals surface area contributed by atoms with Crippen LogP contribution in [0.2, 0.25) is 0 Å². The zero-order valence-corrected chi connectivity index (χ0v) is 11.3. The number of hydrogen-bond acceptors (Lipinski definition) is 2. The van der Waals surface area contributed by atoms with E-state index in [0.29, 0.717) is 6.04 Å². The summed E-state index contributed by atoms with van der Waals surface area (Å²) < 4.78 is 5.29. The Morgan fingerprint density at radius 1 is 1.29 bits per heavy atom. The molecule has 1 unspecified atom stereocenters. The quantitative estimate of drug-likeness (QED) is 0.844. The molecule has 0 bridgehead atoms. The highest BCUT2D eigenvalue weighted by Crippen LogP contribution is 2.24. The van der Waals surface area contributed by atoms with Crippen molar-refractivity contribution in [2.24, 2.45) is 0 Å². The summed E-state index contributed by atoms with van der Waals surface area (Å²) in [6, 6.07) is 5.61. The van der Waals surface area contributed by atoms with Crippen LogP contribution in [0.5, 0.6) is 5.75 Å². The number of hydrogen-bond donors (Lipinski definition) is 1. The maximum atomic E-state index is 5.29. The van der Waals surface area contributed by atoms with Gasteiger partial charge >= 0.3 is 0 Å². The normalized spacial score (nSPS) is 16.9. The van der Waals surface area contributed by atoms with E-state index >= 15 is 0 Å². The number of benzene rings is 1. The molecule has 1 atom stereocenters. The zero-order chi connectivity index (χ0) is 12.4. The molecule has 1 N–H and O–H groups in total. The van der Waals surface area contributed by atoms with Gasteiger partial charge in [0.25, 0.3) is 0 Å². The summed E-state index contributed by atoms with van der Waals surface area (Å²) in [6.07, 6.45) is 3.81. The molecule has 1 aromatic rings. The third-order valence-electron chi connectivity index (χ3n) is 3.51. The van der Waals surface area contributed by atoms with Crippen molar-refractivity contribution in [2.45, 2.75) is 52.1 Å². The van der Waals surface area contributed by atoms with E-state index in [1.165, 1.54) is 29.5 Å². The van der Waals surface area contributed by atoms with Gasteiger partial charge in [-0.25, -0.2) is 0 Å². The maximum absolute atomic E-state index is 5.29. The predicted molar refractivity (Wildman–Crippen MR) is 71.8 cm³/mol. The molecule has 94 valence electrons. The van der Waals surface area contributed by atoms with Gasteiger partial charge in [0.15, 0.2) is 0 Å². The minimum Gasteiger partial charge on any atom is -0.497 e. The molecule has 0 radical (unpaired) electrons. The summed E-state index contributed by atoms with van der Waals surface area (Å²) in [4.78, 5) is 0. The average Bonchev–Trinajstić information content (AvgIpc) is 3.07. The molecule has 17 heavy (non-hydrogen) atoms. The van der Waals surface area contributed by atoms with Crippen LogP contribution in [-0.2, 0) is 6.42 Å². The zero-order valence-electron chi connectivity index (χ0n) is 11.3. The number of rotatable bonds is 5. The van der Waals surface area contributed by atoms with E-state index in [0.717, 1.165) is 18.2 Å². The molecule has 1 aliphatic rings. The van der Waals surface area contributed by atoms with E-state index < -0.39 is 0 Å². The van der Waals surface area contributed by atoms with Gasteiger partial charge in [-0.15, -0.1) is 0 Å². The molecular formula is C15H23NO. The van der Waals surface area contributed by atoms with E-state index in [2.05, 4.69) is 38.2 Å². The topological polar surface area (TPSA) is 21.3 Å². The standard InChI is InChI=1S/C15H23NO/c1-10-7-14(17-4)8-11(2)15(10)9-12(3)16-13-5-6-13/h7-8,12-13,16H,5-6,9H2,1-4H3. The molecular weight excluding hydrogens is 210 g/mol. The Bertz CT molecular complexity index is 373. The van der Waals surface area contributed by atoms with Crippen LogP contribution in [0.15, 0.2) is 12.1 Å². The van der Waals surface area contributed by atoms with Gasteiger partial charge in [-0.3, -0.25) is 0 Å². The lowest BCUT2D eigenvalue weighted by Crippen LogP contribution is -2.30. The summed E-state index contributed by atoms with van der Waals surface area (Å²) in [6.45, 7) is 6.63. The van der Waals surface area contributed by atoms with Crippen molar-refractivity contribution in [3.05, 3.63) is 28.8 Å². The lowest BCUT2D eigenvalue weighted by molar-refractivity contribution is 0.413. The van der Waals surface area contributed by atoms with Gasteiger partial charge in [0.05, 0.1) is 7.11 Å². The molecule has 0 amide bonds. The first-order valence-corrected chi connectivity index (χ1v) is 6.50. The van der Waals surface area contributed by atoms with Crippen LogP contribution in [0.1, 0.15) is 36.5 Å². The molecule has 2 heteroatoms. The van der Waals surface area contributed by atoms with Crippen molar-refractivity contribution in [1.82, 2.24) is 5.32 Å². The predicted octanol–water partition coefficient (Wildman–Crippen LogP) is 3.00. The van der Waals surface area contributed by atoms with Crippen molar-refractivity contribution in [3.8, 4) is 5.75 Å². The lowest BCUT2D eigenvalue weighted by atomic mass is 9.96. The molecule has 1 fully saturated rings. The summed E-state index contributed by atoms with van der Waals surface area (Å²) >= 11 is 0. The van der Waals surface area contributed by atoms with Crippen molar-refractivity contribution < 1.29 is 4.74 Å². The third kappa shape index (κ3) is 3.22. The van der Waals surface area contributed by atoms with Gasteiger partial charge in [0.2, 0.25) is 0 Å². The van der Waals surface area contributed by atoms with Crippen LogP contribution >= 0.6 is 0 Å². The first-order valence-electron chi connectivity index (χ1n) is 6.50. The highest BCUT2D eigenvalue weighted by atomic mass is 16.5. The molecule has 1 aliphatic carbocycles. The number of ether oxygens (including phenoxy) is 1. The monoisotopic (exact) mass is 233 g/mol. The highest BCUT2D eigenvalue weighted by Gasteiger charge is 2.23. The maximum Gasteiger partial charge on any atom is 0.119 e. The third-order valence-corrected chi connectivity index (χ3v) is 3.51. The van der Waals surface area contributed by atoms with Crippen LogP contribution in [0.4, 0.5) is 0 Å². The van der Waals surface area contributed by atoms with Crippen molar-refractivity contribution in [1.29, 1.82) is 0 Å². The Morgan fingerprint density at radius 3 is 2.35 bits per heavy atom. The number of nitrogens with one attached hydrogen (secondary N) is 1. The van der Waals surface area contributed by atoms with E-state index in [4.69, 9.17) is 4.74 Å². The van der Waals surface area contributed by atoms with Crippen molar-refractivity contribution in [2.75, 3.05) is 7.11 Å². The highest BCUT2D eigenvalue weighted by molar-refractivity contribution is 5.41. The van der Waals surface area contributed by atoms with Gasteiger partial charge in [0.1, 0.15) is 5.75 Å². The van der Waals surface area contributed by atoms with Crippen LogP contribution in [0, 0.1) is 13.8 Å². The fourth-order valence-corrected chi connectivity index (χ4v) is 2.41. The average molecular weight is 233 g/mol. The van der Waals surface area contributed by atoms with Crippen LogP contribution in [0.3, 0.4) is 0 Å². The molecule has 2 nitrogen and oxygen atoms in total. The Kier molecular flexibility index (Phi) is 3.72. The van der Waals surface area contributed by atoms with E-state index in [1.54, 1.807) is 7.11 Å². The summed E-state index contributed by atoms with van der Waals surface area (Å²) in [5.41, 5.74) is 4.14. The molecule has 0 aliphatic heterocycles. The smallest absolute Gasteiger partial charge is 0.119 e. The summed E-state index contributed by atoms with van der Waals surface area (Å²) in [7, 11) is 1.73. The molecule has 2 rings (SSSR count). The molecule has 0 heterocycles. The molecule has 0 spiro atoms. The van der Waals surface area contributed by atoms with Gasteiger partial charge in [-0.1, -0.05) is 0 Å². The SMILES string of the molecule is COc1cc(C)c(CC(C)NC2CC2)c(C)c1.